The molecular formula is C18H26N4S. The molecule has 2 rings (SSSR count). The average molecular weight is 331 g/mol. The minimum absolute atomic E-state index is 0.693. The van der Waals surface area contributed by atoms with E-state index >= 15 is 0 Å². The van der Waals surface area contributed by atoms with Crippen LogP contribution in [0, 0.1) is 5.92 Å². The zero-order valence-electron chi connectivity index (χ0n) is 14.2. The smallest absolute Gasteiger partial charge is 0.191 e. The summed E-state index contributed by atoms with van der Waals surface area (Å²) >= 11 is 1.67. The molecule has 0 aliphatic rings. The first-order valence-corrected chi connectivity index (χ1v) is 9.09. The normalized spacial score (nSPS) is 11.7. The monoisotopic (exact) mass is 330 g/mol. The Morgan fingerprint density at radius 3 is 2.57 bits per heavy atom. The molecule has 0 radical (unpaired) electrons. The Bertz CT molecular complexity index is 602. The molecule has 0 saturated heterocycles. The summed E-state index contributed by atoms with van der Waals surface area (Å²) in [5.74, 6) is 1.53. The average Bonchev–Trinajstić information content (AvgIpc) is 3.08. The van der Waals surface area contributed by atoms with E-state index in [0.29, 0.717) is 12.5 Å². The Balaban J connectivity index is 1.86. The Morgan fingerprint density at radius 2 is 1.91 bits per heavy atom. The van der Waals surface area contributed by atoms with Crippen molar-refractivity contribution in [1.82, 2.24) is 15.6 Å². The number of rotatable bonds is 7. The van der Waals surface area contributed by atoms with E-state index in [0.717, 1.165) is 28.8 Å². The predicted molar refractivity (Wildman–Crippen MR) is 99.8 cm³/mol. The minimum atomic E-state index is 0.693. The van der Waals surface area contributed by atoms with E-state index in [2.05, 4.69) is 52.0 Å². The van der Waals surface area contributed by atoms with Crippen LogP contribution in [0.5, 0.6) is 0 Å². The van der Waals surface area contributed by atoms with E-state index in [1.807, 2.05) is 18.2 Å². The first-order valence-electron chi connectivity index (χ1n) is 8.21. The van der Waals surface area contributed by atoms with Gasteiger partial charge in [0, 0.05) is 24.5 Å². The zero-order chi connectivity index (χ0) is 16.5. The molecule has 0 bridgehead atoms. The number of thiazole rings is 1. The van der Waals surface area contributed by atoms with Gasteiger partial charge >= 0.3 is 0 Å². The van der Waals surface area contributed by atoms with Crippen LogP contribution in [0.15, 0.2) is 40.7 Å². The van der Waals surface area contributed by atoms with Gasteiger partial charge in [-0.1, -0.05) is 57.0 Å². The lowest BCUT2D eigenvalue weighted by atomic mass is 10.0. The van der Waals surface area contributed by atoms with E-state index in [1.165, 1.54) is 12.8 Å². The lowest BCUT2D eigenvalue weighted by molar-refractivity contribution is 0.481. The molecule has 1 aromatic heterocycles. The van der Waals surface area contributed by atoms with Gasteiger partial charge in [-0.3, -0.25) is 4.99 Å². The van der Waals surface area contributed by atoms with Crippen LogP contribution >= 0.6 is 11.3 Å². The molecule has 1 aromatic carbocycles. The van der Waals surface area contributed by atoms with Gasteiger partial charge in [0.05, 0.1) is 12.2 Å². The van der Waals surface area contributed by atoms with Gasteiger partial charge in [-0.2, -0.15) is 0 Å². The second-order valence-electron chi connectivity index (χ2n) is 5.48. The van der Waals surface area contributed by atoms with Crippen LogP contribution < -0.4 is 10.6 Å². The van der Waals surface area contributed by atoms with E-state index < -0.39 is 0 Å². The summed E-state index contributed by atoms with van der Waals surface area (Å²) in [4.78, 5) is 8.97. The van der Waals surface area contributed by atoms with Gasteiger partial charge in [-0.15, -0.1) is 11.3 Å². The second kappa shape index (κ2) is 9.30. The van der Waals surface area contributed by atoms with Gasteiger partial charge in [0.1, 0.15) is 5.01 Å². The molecule has 0 unspecified atom stereocenters. The minimum Gasteiger partial charge on any atom is -0.356 e. The molecule has 1 heterocycles. The maximum Gasteiger partial charge on any atom is 0.191 e. The molecule has 0 amide bonds. The number of nitrogens with one attached hydrogen (secondary N) is 2. The van der Waals surface area contributed by atoms with Crippen LogP contribution in [0.4, 0.5) is 0 Å². The molecular weight excluding hydrogens is 304 g/mol. The molecule has 23 heavy (non-hydrogen) atoms. The van der Waals surface area contributed by atoms with E-state index in [4.69, 9.17) is 0 Å². The Hall–Kier alpha value is -1.88. The Labute approximate surface area is 143 Å². The van der Waals surface area contributed by atoms with Gasteiger partial charge in [0.25, 0.3) is 0 Å². The van der Waals surface area contributed by atoms with Crippen LogP contribution in [0.2, 0.25) is 0 Å². The molecule has 2 aromatic rings. The summed E-state index contributed by atoms with van der Waals surface area (Å²) in [6, 6.07) is 10.3. The SMILES string of the molecule is CCC(CC)CNC(=NC)NCc1nc(-c2ccccc2)cs1. The highest BCUT2D eigenvalue weighted by Gasteiger charge is 2.07. The molecule has 2 N–H and O–H groups in total. The molecule has 0 spiro atoms. The van der Waals surface area contributed by atoms with Crippen molar-refractivity contribution < 1.29 is 0 Å². The lowest BCUT2D eigenvalue weighted by Gasteiger charge is -2.16. The van der Waals surface area contributed by atoms with E-state index in [1.54, 1.807) is 18.4 Å². The highest BCUT2D eigenvalue weighted by molar-refractivity contribution is 7.09. The highest BCUT2D eigenvalue weighted by Crippen LogP contribution is 2.21. The third-order valence-corrected chi connectivity index (χ3v) is 4.81. The van der Waals surface area contributed by atoms with Crippen molar-refractivity contribution in [3.8, 4) is 11.3 Å². The standard InChI is InChI=1S/C18H26N4S/c1-4-14(5-2)11-20-18(19-3)21-12-17-22-16(13-23-17)15-9-7-6-8-10-15/h6-10,13-14H,4-5,11-12H2,1-3H3,(H2,19,20,21). The fraction of sp³-hybridized carbons (Fsp3) is 0.444. The summed E-state index contributed by atoms with van der Waals surface area (Å²) in [6.07, 6.45) is 2.38. The van der Waals surface area contributed by atoms with E-state index in [-0.39, 0.29) is 0 Å². The molecule has 4 nitrogen and oxygen atoms in total. The van der Waals surface area contributed by atoms with Crippen molar-refractivity contribution in [2.45, 2.75) is 33.2 Å². The topological polar surface area (TPSA) is 49.3 Å². The molecule has 0 saturated carbocycles. The van der Waals surface area contributed by atoms with Gasteiger partial charge in [-0.25, -0.2) is 4.98 Å². The number of guanidine groups is 1. The maximum absolute atomic E-state index is 4.69. The fourth-order valence-electron chi connectivity index (χ4n) is 2.33. The molecule has 0 aliphatic carbocycles. The van der Waals surface area contributed by atoms with Crippen molar-refractivity contribution in [1.29, 1.82) is 0 Å². The van der Waals surface area contributed by atoms with Gasteiger partial charge in [0.15, 0.2) is 5.96 Å². The summed E-state index contributed by atoms with van der Waals surface area (Å²) in [5.41, 5.74) is 2.19. The van der Waals surface area contributed by atoms with Crippen molar-refractivity contribution in [2.75, 3.05) is 13.6 Å². The first-order chi connectivity index (χ1) is 11.3. The van der Waals surface area contributed by atoms with Gasteiger partial charge in [-0.05, 0) is 5.92 Å². The fourth-order valence-corrected chi connectivity index (χ4v) is 3.07. The molecule has 124 valence electrons. The van der Waals surface area contributed by atoms with Crippen LogP contribution in [-0.2, 0) is 6.54 Å². The summed E-state index contributed by atoms with van der Waals surface area (Å²) in [5, 5.41) is 9.90. The number of benzene rings is 1. The molecule has 0 aliphatic heterocycles. The van der Waals surface area contributed by atoms with Crippen LogP contribution in [0.1, 0.15) is 31.7 Å². The molecule has 0 fully saturated rings. The van der Waals surface area contributed by atoms with E-state index in [9.17, 15) is 0 Å². The van der Waals surface area contributed by atoms with Crippen molar-refractivity contribution in [3.63, 3.8) is 0 Å². The largest absolute Gasteiger partial charge is 0.356 e. The number of hydrogen-bond donors (Lipinski definition) is 2. The number of aliphatic imine (C=N–C) groups is 1. The van der Waals surface area contributed by atoms with Crippen molar-refractivity contribution >= 4 is 17.3 Å². The third kappa shape index (κ3) is 5.36. The van der Waals surface area contributed by atoms with Crippen molar-refractivity contribution in [2.24, 2.45) is 10.9 Å². The molecule has 0 atom stereocenters. The Morgan fingerprint density at radius 1 is 1.17 bits per heavy atom. The summed E-state index contributed by atoms with van der Waals surface area (Å²) < 4.78 is 0. The maximum atomic E-state index is 4.69. The highest BCUT2D eigenvalue weighted by atomic mass is 32.1. The van der Waals surface area contributed by atoms with Crippen LogP contribution in [-0.4, -0.2) is 24.5 Å². The first kappa shape index (κ1) is 17.5. The lowest BCUT2D eigenvalue weighted by Crippen LogP contribution is -2.39. The predicted octanol–water partition coefficient (Wildman–Crippen LogP) is 3.91. The number of hydrogen-bond acceptors (Lipinski definition) is 3. The second-order valence-corrected chi connectivity index (χ2v) is 6.42. The molecule has 5 heteroatoms. The summed E-state index contributed by atoms with van der Waals surface area (Å²) in [6.45, 7) is 6.11. The van der Waals surface area contributed by atoms with Crippen LogP contribution in [0.25, 0.3) is 11.3 Å². The number of nitrogens with zero attached hydrogens (tertiary/aromatic N) is 2. The van der Waals surface area contributed by atoms with Crippen LogP contribution in [0.3, 0.4) is 0 Å². The Kier molecular flexibility index (Phi) is 7.07. The van der Waals surface area contributed by atoms with Crippen molar-refractivity contribution in [3.05, 3.63) is 40.7 Å². The van der Waals surface area contributed by atoms with Gasteiger partial charge in [0.2, 0.25) is 0 Å². The number of aromatic nitrogens is 1. The quantitative estimate of drug-likeness (QED) is 0.598. The summed E-state index contributed by atoms with van der Waals surface area (Å²) in [7, 11) is 1.81. The van der Waals surface area contributed by atoms with Gasteiger partial charge < -0.3 is 10.6 Å². The zero-order valence-corrected chi connectivity index (χ0v) is 15.0. The third-order valence-electron chi connectivity index (χ3n) is 3.96.